The first-order valence-corrected chi connectivity index (χ1v) is 20.1. The van der Waals surface area contributed by atoms with Gasteiger partial charge in [0.15, 0.2) is 6.10 Å². The monoisotopic (exact) mass is 687 g/mol. The van der Waals surface area contributed by atoms with Crippen molar-refractivity contribution in [1.29, 1.82) is 0 Å². The molecular weight excluding hydrogens is 612 g/mol. The van der Waals surface area contributed by atoms with Gasteiger partial charge in [-0.2, -0.15) is 0 Å². The Morgan fingerprint density at radius 3 is 1.24 bits per heavy atom. The second-order valence-corrected chi connectivity index (χ2v) is 13.2. The SMILES string of the molecule is CC/C=C\C/C=C\C/C=C\C/C=C\CCC(=O)OCC(COC(=O)CCCCCCCC)OC(=O)CCCCCCCCCCCCCC. The summed E-state index contributed by atoms with van der Waals surface area (Å²) >= 11 is 0. The van der Waals surface area contributed by atoms with E-state index in [-0.39, 0.29) is 37.5 Å². The summed E-state index contributed by atoms with van der Waals surface area (Å²) in [7, 11) is 0. The molecule has 0 spiro atoms. The molecule has 6 nitrogen and oxygen atoms in total. The summed E-state index contributed by atoms with van der Waals surface area (Å²) in [6.45, 7) is 6.36. The summed E-state index contributed by atoms with van der Waals surface area (Å²) in [5.74, 6) is -0.995. The molecule has 0 aromatic rings. The zero-order valence-corrected chi connectivity index (χ0v) is 31.9. The number of rotatable bonds is 35. The van der Waals surface area contributed by atoms with E-state index in [1.807, 2.05) is 12.2 Å². The number of esters is 3. The Balaban J connectivity index is 4.42. The zero-order valence-electron chi connectivity index (χ0n) is 31.9. The van der Waals surface area contributed by atoms with E-state index in [0.29, 0.717) is 19.3 Å². The number of hydrogen-bond donors (Lipinski definition) is 0. The normalized spacial score (nSPS) is 12.5. The molecule has 0 N–H and O–H groups in total. The molecule has 0 radical (unpaired) electrons. The van der Waals surface area contributed by atoms with Crippen LogP contribution in [0.1, 0.15) is 188 Å². The van der Waals surface area contributed by atoms with Crippen LogP contribution in [0.5, 0.6) is 0 Å². The van der Waals surface area contributed by atoms with Gasteiger partial charge in [0.25, 0.3) is 0 Å². The lowest BCUT2D eigenvalue weighted by atomic mass is 10.0. The lowest BCUT2D eigenvalue weighted by Crippen LogP contribution is -2.30. The van der Waals surface area contributed by atoms with Crippen LogP contribution in [0.4, 0.5) is 0 Å². The number of allylic oxidation sites excluding steroid dienone is 8. The molecule has 0 aliphatic heterocycles. The fourth-order valence-electron chi connectivity index (χ4n) is 5.34. The summed E-state index contributed by atoms with van der Waals surface area (Å²) in [4.78, 5) is 37.3. The number of ether oxygens (including phenoxy) is 3. The Morgan fingerprint density at radius 2 is 0.796 bits per heavy atom. The van der Waals surface area contributed by atoms with Crippen LogP contribution in [-0.2, 0) is 28.6 Å². The van der Waals surface area contributed by atoms with Crippen molar-refractivity contribution in [2.24, 2.45) is 0 Å². The van der Waals surface area contributed by atoms with E-state index in [1.54, 1.807) is 0 Å². The van der Waals surface area contributed by atoms with E-state index < -0.39 is 6.10 Å². The Labute approximate surface area is 301 Å². The highest BCUT2D eigenvalue weighted by Crippen LogP contribution is 2.14. The lowest BCUT2D eigenvalue weighted by molar-refractivity contribution is -0.166. The molecular formula is C43H74O6. The van der Waals surface area contributed by atoms with Gasteiger partial charge in [0.1, 0.15) is 13.2 Å². The van der Waals surface area contributed by atoms with Crippen LogP contribution in [0.15, 0.2) is 48.6 Å². The maximum absolute atomic E-state index is 12.6. The first-order chi connectivity index (χ1) is 24.0. The molecule has 1 unspecified atom stereocenters. The average Bonchev–Trinajstić information content (AvgIpc) is 3.10. The smallest absolute Gasteiger partial charge is 0.306 e. The van der Waals surface area contributed by atoms with Gasteiger partial charge in [0.2, 0.25) is 0 Å². The van der Waals surface area contributed by atoms with Crippen molar-refractivity contribution in [2.45, 2.75) is 194 Å². The van der Waals surface area contributed by atoms with Gasteiger partial charge in [-0.05, 0) is 44.9 Å². The van der Waals surface area contributed by atoms with Gasteiger partial charge in [-0.1, -0.05) is 172 Å². The van der Waals surface area contributed by atoms with E-state index in [1.165, 1.54) is 77.0 Å². The van der Waals surface area contributed by atoms with E-state index in [0.717, 1.165) is 64.2 Å². The number of unbranched alkanes of at least 4 members (excludes halogenated alkanes) is 16. The highest BCUT2D eigenvalue weighted by molar-refractivity contribution is 5.71. The summed E-state index contributed by atoms with van der Waals surface area (Å²) in [5.41, 5.74) is 0. The largest absolute Gasteiger partial charge is 0.462 e. The van der Waals surface area contributed by atoms with E-state index in [2.05, 4.69) is 57.2 Å². The molecule has 0 fully saturated rings. The number of hydrogen-bond acceptors (Lipinski definition) is 6. The van der Waals surface area contributed by atoms with Gasteiger partial charge < -0.3 is 14.2 Å². The topological polar surface area (TPSA) is 78.9 Å². The van der Waals surface area contributed by atoms with Crippen LogP contribution >= 0.6 is 0 Å². The molecule has 0 bridgehead atoms. The molecule has 1 atom stereocenters. The summed E-state index contributed by atoms with van der Waals surface area (Å²) < 4.78 is 16.5. The van der Waals surface area contributed by atoms with Crippen molar-refractivity contribution in [3.05, 3.63) is 48.6 Å². The van der Waals surface area contributed by atoms with Crippen molar-refractivity contribution < 1.29 is 28.6 Å². The second kappa shape index (κ2) is 38.2. The summed E-state index contributed by atoms with van der Waals surface area (Å²) in [6.07, 6.45) is 42.7. The fraction of sp³-hybridized carbons (Fsp3) is 0.744. The Bertz CT molecular complexity index is 887. The molecule has 0 heterocycles. The Hall–Kier alpha value is -2.63. The highest BCUT2D eigenvalue weighted by atomic mass is 16.6. The van der Waals surface area contributed by atoms with Gasteiger partial charge in [-0.25, -0.2) is 0 Å². The molecule has 0 aliphatic carbocycles. The zero-order chi connectivity index (χ0) is 35.9. The first kappa shape index (κ1) is 46.4. The first-order valence-electron chi connectivity index (χ1n) is 20.1. The van der Waals surface area contributed by atoms with Crippen LogP contribution in [0, 0.1) is 0 Å². The van der Waals surface area contributed by atoms with Crippen LogP contribution in [0.2, 0.25) is 0 Å². The minimum atomic E-state index is -0.792. The maximum atomic E-state index is 12.6. The molecule has 0 aliphatic rings. The molecule has 0 rings (SSSR count). The average molecular weight is 687 g/mol. The molecule has 0 amide bonds. The van der Waals surface area contributed by atoms with Gasteiger partial charge in [0, 0.05) is 19.3 Å². The molecule has 0 aromatic heterocycles. The van der Waals surface area contributed by atoms with Crippen LogP contribution in [0.3, 0.4) is 0 Å². The molecule has 0 aromatic carbocycles. The van der Waals surface area contributed by atoms with Gasteiger partial charge in [-0.15, -0.1) is 0 Å². The number of carbonyl (C=O) groups is 3. The van der Waals surface area contributed by atoms with Gasteiger partial charge in [0.05, 0.1) is 0 Å². The fourth-order valence-corrected chi connectivity index (χ4v) is 5.34. The quantitative estimate of drug-likeness (QED) is 0.0286. The van der Waals surface area contributed by atoms with Crippen LogP contribution in [-0.4, -0.2) is 37.2 Å². The highest BCUT2D eigenvalue weighted by Gasteiger charge is 2.19. The summed E-state index contributed by atoms with van der Waals surface area (Å²) in [5, 5.41) is 0. The van der Waals surface area contributed by atoms with Crippen molar-refractivity contribution in [3.63, 3.8) is 0 Å². The predicted octanol–water partition coefficient (Wildman–Crippen LogP) is 12.4. The minimum Gasteiger partial charge on any atom is -0.462 e. The molecule has 49 heavy (non-hydrogen) atoms. The lowest BCUT2D eigenvalue weighted by Gasteiger charge is -2.18. The van der Waals surface area contributed by atoms with E-state index >= 15 is 0 Å². The Kier molecular flexibility index (Phi) is 36.1. The number of carbonyl (C=O) groups excluding carboxylic acids is 3. The van der Waals surface area contributed by atoms with E-state index in [9.17, 15) is 14.4 Å². The molecule has 6 heteroatoms. The summed E-state index contributed by atoms with van der Waals surface area (Å²) in [6, 6.07) is 0. The van der Waals surface area contributed by atoms with Crippen molar-refractivity contribution in [2.75, 3.05) is 13.2 Å². The van der Waals surface area contributed by atoms with Gasteiger partial charge in [-0.3, -0.25) is 14.4 Å². The molecule has 0 saturated heterocycles. The van der Waals surface area contributed by atoms with Crippen LogP contribution in [0.25, 0.3) is 0 Å². The van der Waals surface area contributed by atoms with Crippen LogP contribution < -0.4 is 0 Å². The van der Waals surface area contributed by atoms with Gasteiger partial charge >= 0.3 is 17.9 Å². The maximum Gasteiger partial charge on any atom is 0.306 e. The molecule has 282 valence electrons. The third kappa shape index (κ3) is 36.5. The second-order valence-electron chi connectivity index (χ2n) is 13.2. The van der Waals surface area contributed by atoms with Crippen molar-refractivity contribution >= 4 is 17.9 Å². The minimum absolute atomic E-state index is 0.0942. The van der Waals surface area contributed by atoms with Crippen molar-refractivity contribution in [3.8, 4) is 0 Å². The molecule has 0 saturated carbocycles. The van der Waals surface area contributed by atoms with E-state index in [4.69, 9.17) is 14.2 Å². The Morgan fingerprint density at radius 1 is 0.429 bits per heavy atom. The third-order valence-corrected chi connectivity index (χ3v) is 8.36. The predicted molar refractivity (Wildman–Crippen MR) is 205 cm³/mol. The third-order valence-electron chi connectivity index (χ3n) is 8.36. The van der Waals surface area contributed by atoms with Crippen molar-refractivity contribution in [1.82, 2.24) is 0 Å². The standard InChI is InChI=1S/C43H74O6/c1-4-7-10-13-16-18-20-22-24-25-27-30-33-36-42(45)48-39-40(38-47-41(44)35-32-29-15-12-9-6-3)49-43(46)37-34-31-28-26-23-21-19-17-14-11-8-5-2/h7,10,16,18,22,24,27,30,40H,4-6,8-9,11-15,17,19-21,23,25-26,28-29,31-39H2,1-3H3/b10-7-,18-16-,24-22-,30-27-.